The van der Waals surface area contributed by atoms with Crippen LogP contribution >= 0.6 is 11.8 Å². The van der Waals surface area contributed by atoms with Crippen molar-refractivity contribution in [3.63, 3.8) is 0 Å². The van der Waals surface area contributed by atoms with Crippen LogP contribution in [0.2, 0.25) is 0 Å². The summed E-state index contributed by atoms with van der Waals surface area (Å²) < 4.78 is 0. The summed E-state index contributed by atoms with van der Waals surface area (Å²) in [5.41, 5.74) is 5.90. The van der Waals surface area contributed by atoms with Crippen LogP contribution in [0.4, 0.5) is 0 Å². The Balaban J connectivity index is 4.17. The molecule has 0 bridgehead atoms. The van der Waals surface area contributed by atoms with Crippen molar-refractivity contribution in [2.24, 2.45) is 17.1 Å². The lowest BCUT2D eigenvalue weighted by molar-refractivity contribution is -0.122. The van der Waals surface area contributed by atoms with Crippen molar-refractivity contribution in [1.82, 2.24) is 5.32 Å². The molecule has 0 fully saturated rings. The minimum Gasteiger partial charge on any atom is -0.353 e. The van der Waals surface area contributed by atoms with E-state index in [1.165, 1.54) is 0 Å². The summed E-state index contributed by atoms with van der Waals surface area (Å²) in [6.45, 7) is 9.51. The van der Waals surface area contributed by atoms with Crippen LogP contribution in [0, 0.1) is 11.3 Å². The van der Waals surface area contributed by atoms with Crippen LogP contribution in [0.15, 0.2) is 0 Å². The van der Waals surface area contributed by atoms with Gasteiger partial charge in [0.05, 0.1) is 0 Å². The van der Waals surface area contributed by atoms with Gasteiger partial charge in [-0.1, -0.05) is 27.7 Å². The molecule has 2 atom stereocenters. The van der Waals surface area contributed by atoms with Crippen molar-refractivity contribution in [1.29, 1.82) is 0 Å². The van der Waals surface area contributed by atoms with Crippen molar-refractivity contribution in [3.8, 4) is 0 Å². The highest BCUT2D eigenvalue weighted by Gasteiger charge is 2.24. The Kier molecular flexibility index (Phi) is 9.54. The molecule has 0 aromatic carbocycles. The SMILES string of the molecule is CCC(CSC)NC(=O)CCC(CCN)C(C)(C)C. The second-order valence-corrected chi connectivity index (χ2v) is 7.22. The summed E-state index contributed by atoms with van der Waals surface area (Å²) >= 11 is 1.78. The van der Waals surface area contributed by atoms with Crippen LogP contribution in [0.3, 0.4) is 0 Å². The maximum atomic E-state index is 12.0. The average molecular weight is 289 g/mol. The third kappa shape index (κ3) is 8.53. The molecular weight excluding hydrogens is 256 g/mol. The molecule has 4 heteroatoms. The second-order valence-electron chi connectivity index (χ2n) is 6.31. The summed E-state index contributed by atoms with van der Waals surface area (Å²) in [5, 5.41) is 3.13. The number of nitrogens with one attached hydrogen (secondary N) is 1. The van der Waals surface area contributed by atoms with E-state index >= 15 is 0 Å². The molecule has 0 spiro atoms. The first kappa shape index (κ1) is 18.8. The van der Waals surface area contributed by atoms with Crippen LogP contribution in [0.1, 0.15) is 53.4 Å². The Labute approximate surface area is 123 Å². The Morgan fingerprint density at radius 3 is 2.37 bits per heavy atom. The lowest BCUT2D eigenvalue weighted by Crippen LogP contribution is -2.36. The molecule has 0 aromatic heterocycles. The number of rotatable bonds is 9. The number of carbonyl (C=O) groups is 1. The molecule has 3 nitrogen and oxygen atoms in total. The normalized spacial score (nSPS) is 15.1. The van der Waals surface area contributed by atoms with Gasteiger partial charge in [0.25, 0.3) is 0 Å². The highest BCUT2D eigenvalue weighted by molar-refractivity contribution is 7.98. The number of amides is 1. The number of carbonyl (C=O) groups excluding carboxylic acids is 1. The zero-order valence-corrected chi connectivity index (χ0v) is 14.1. The van der Waals surface area contributed by atoms with Gasteiger partial charge in [0.2, 0.25) is 5.91 Å². The number of nitrogens with two attached hydrogens (primary N) is 1. The third-order valence-corrected chi connectivity index (χ3v) is 4.42. The van der Waals surface area contributed by atoms with Crippen molar-refractivity contribution in [2.75, 3.05) is 18.6 Å². The Hall–Kier alpha value is -0.220. The van der Waals surface area contributed by atoms with Gasteiger partial charge in [-0.25, -0.2) is 0 Å². The Morgan fingerprint density at radius 2 is 1.95 bits per heavy atom. The maximum Gasteiger partial charge on any atom is 0.220 e. The standard InChI is InChI=1S/C15H32N2OS/c1-6-13(11-19-5)17-14(18)8-7-12(9-10-16)15(2,3)4/h12-13H,6-11,16H2,1-5H3,(H,17,18). The molecule has 19 heavy (non-hydrogen) atoms. The molecule has 1 amide bonds. The topological polar surface area (TPSA) is 55.1 Å². The monoisotopic (exact) mass is 288 g/mol. The molecule has 0 saturated carbocycles. The molecule has 0 saturated heterocycles. The predicted molar refractivity (Wildman–Crippen MR) is 86.5 cm³/mol. The minimum atomic E-state index is 0.187. The van der Waals surface area contributed by atoms with E-state index in [1.54, 1.807) is 11.8 Å². The van der Waals surface area contributed by atoms with Crippen LogP contribution in [-0.4, -0.2) is 30.5 Å². The van der Waals surface area contributed by atoms with E-state index in [9.17, 15) is 4.79 Å². The van der Waals surface area contributed by atoms with E-state index in [2.05, 4.69) is 39.3 Å². The van der Waals surface area contributed by atoms with Gasteiger partial charge in [0, 0.05) is 18.2 Å². The Bertz CT molecular complexity index is 251. The predicted octanol–water partition coefficient (Wildman–Crippen LogP) is 3.04. The zero-order chi connectivity index (χ0) is 14.9. The molecule has 0 heterocycles. The summed E-state index contributed by atoms with van der Waals surface area (Å²) in [4.78, 5) is 12.0. The van der Waals surface area contributed by atoms with Crippen molar-refractivity contribution >= 4 is 17.7 Å². The van der Waals surface area contributed by atoms with Crippen LogP contribution in [0.5, 0.6) is 0 Å². The summed E-state index contributed by atoms with van der Waals surface area (Å²) in [6.07, 6.45) is 5.62. The van der Waals surface area contributed by atoms with Gasteiger partial charge in [-0.05, 0) is 43.4 Å². The fraction of sp³-hybridized carbons (Fsp3) is 0.933. The van der Waals surface area contributed by atoms with E-state index in [-0.39, 0.29) is 11.3 Å². The molecule has 0 rings (SSSR count). The molecule has 3 N–H and O–H groups in total. The van der Waals surface area contributed by atoms with Gasteiger partial charge in [-0.15, -0.1) is 0 Å². The summed E-state index contributed by atoms with van der Waals surface area (Å²) in [5.74, 6) is 1.70. The van der Waals surface area contributed by atoms with Gasteiger partial charge < -0.3 is 11.1 Å². The molecule has 0 aromatic rings. The fourth-order valence-electron chi connectivity index (χ4n) is 2.28. The molecule has 0 radical (unpaired) electrons. The smallest absolute Gasteiger partial charge is 0.220 e. The first-order valence-electron chi connectivity index (χ1n) is 7.33. The lowest BCUT2D eigenvalue weighted by atomic mass is 9.76. The van der Waals surface area contributed by atoms with Crippen molar-refractivity contribution in [3.05, 3.63) is 0 Å². The average Bonchev–Trinajstić information content (AvgIpc) is 2.32. The first-order chi connectivity index (χ1) is 8.85. The molecule has 0 aliphatic rings. The molecule has 0 aliphatic carbocycles. The van der Waals surface area contributed by atoms with E-state index in [0.29, 0.717) is 24.9 Å². The lowest BCUT2D eigenvalue weighted by Gasteiger charge is -2.30. The van der Waals surface area contributed by atoms with Crippen LogP contribution in [0.25, 0.3) is 0 Å². The van der Waals surface area contributed by atoms with Gasteiger partial charge in [-0.3, -0.25) is 4.79 Å². The molecule has 0 aliphatic heterocycles. The fourth-order valence-corrected chi connectivity index (χ4v) is 3.00. The van der Waals surface area contributed by atoms with Gasteiger partial charge in [-0.2, -0.15) is 11.8 Å². The van der Waals surface area contributed by atoms with Gasteiger partial charge >= 0.3 is 0 Å². The Morgan fingerprint density at radius 1 is 1.32 bits per heavy atom. The maximum absolute atomic E-state index is 12.0. The van der Waals surface area contributed by atoms with Crippen LogP contribution in [-0.2, 0) is 4.79 Å². The largest absolute Gasteiger partial charge is 0.353 e. The number of thioether (sulfide) groups is 1. The quantitative estimate of drug-likeness (QED) is 0.685. The summed E-state index contributed by atoms with van der Waals surface area (Å²) in [6, 6.07) is 0.310. The molecule has 114 valence electrons. The van der Waals surface area contributed by atoms with Gasteiger partial charge in [0.1, 0.15) is 0 Å². The van der Waals surface area contributed by atoms with Gasteiger partial charge in [0.15, 0.2) is 0 Å². The number of hydrogen-bond donors (Lipinski definition) is 2. The number of hydrogen-bond acceptors (Lipinski definition) is 3. The van der Waals surface area contributed by atoms with Crippen molar-refractivity contribution < 1.29 is 4.79 Å². The second kappa shape index (κ2) is 9.65. The first-order valence-corrected chi connectivity index (χ1v) is 8.72. The highest BCUT2D eigenvalue weighted by Crippen LogP contribution is 2.32. The highest BCUT2D eigenvalue weighted by atomic mass is 32.2. The van der Waals surface area contributed by atoms with E-state index < -0.39 is 0 Å². The molecule has 2 unspecified atom stereocenters. The van der Waals surface area contributed by atoms with E-state index in [0.717, 1.165) is 25.0 Å². The molecular formula is C15H32N2OS. The van der Waals surface area contributed by atoms with E-state index in [1.807, 2.05) is 0 Å². The van der Waals surface area contributed by atoms with E-state index in [4.69, 9.17) is 5.73 Å². The third-order valence-electron chi connectivity index (χ3n) is 3.69. The minimum absolute atomic E-state index is 0.187. The van der Waals surface area contributed by atoms with Crippen molar-refractivity contribution in [2.45, 2.75) is 59.4 Å². The summed E-state index contributed by atoms with van der Waals surface area (Å²) in [7, 11) is 0. The van der Waals surface area contributed by atoms with Crippen LogP contribution < -0.4 is 11.1 Å². The zero-order valence-electron chi connectivity index (χ0n) is 13.3.